The Labute approximate surface area is 246 Å². The molecular formula is C36H48FNO3. The van der Waals surface area contributed by atoms with Crippen LogP contribution < -0.4 is 4.74 Å². The van der Waals surface area contributed by atoms with E-state index in [4.69, 9.17) is 9.47 Å². The van der Waals surface area contributed by atoms with Gasteiger partial charge in [0.2, 0.25) is 0 Å². The van der Waals surface area contributed by atoms with E-state index in [1.807, 2.05) is 0 Å². The summed E-state index contributed by atoms with van der Waals surface area (Å²) in [6.45, 7) is 11.3. The lowest BCUT2D eigenvalue weighted by molar-refractivity contribution is -0.150. The van der Waals surface area contributed by atoms with Gasteiger partial charge in [0.15, 0.2) is 11.6 Å². The normalized spacial score (nSPS) is 23.4. The van der Waals surface area contributed by atoms with E-state index in [0.717, 1.165) is 79.4 Å². The average molecular weight is 562 g/mol. The minimum atomic E-state index is -0.288. The largest absolute Gasteiger partial charge is 0.490 e. The Balaban J connectivity index is 1.42. The fourth-order valence-corrected chi connectivity index (χ4v) is 8.41. The number of rotatable bonds is 5. The van der Waals surface area contributed by atoms with Crippen molar-refractivity contribution in [1.29, 1.82) is 0 Å². The van der Waals surface area contributed by atoms with E-state index in [1.165, 1.54) is 60.8 Å². The standard InChI is InChI=1S/C36H48FNO3/c1-22-10-8-13-27(18-22)41-34(39)20-31-23(2)28-15-16-38(26-11-6-5-7-12-26)21-32(28)25(4)35(31)30-19-33(37)36-29(24(30)3)14-9-17-40-36/h19,22,26-27H,5-18,20-21H2,1-4H3. The Morgan fingerprint density at radius 3 is 2.54 bits per heavy atom. The van der Waals surface area contributed by atoms with Crippen molar-refractivity contribution in [2.45, 2.75) is 130 Å². The van der Waals surface area contributed by atoms with E-state index in [-0.39, 0.29) is 24.3 Å². The van der Waals surface area contributed by atoms with Crippen LogP contribution in [0, 0.1) is 32.5 Å². The number of nitrogens with zero attached hydrogens (tertiary/aromatic N) is 1. The zero-order valence-corrected chi connectivity index (χ0v) is 25.7. The number of ether oxygens (including phenoxy) is 2. The van der Waals surface area contributed by atoms with E-state index in [2.05, 4.69) is 32.6 Å². The smallest absolute Gasteiger partial charge is 0.310 e. The summed E-state index contributed by atoms with van der Waals surface area (Å²) in [5.41, 5.74) is 10.2. The van der Waals surface area contributed by atoms with E-state index < -0.39 is 0 Å². The van der Waals surface area contributed by atoms with Gasteiger partial charge in [-0.05, 0) is 129 Å². The maximum Gasteiger partial charge on any atom is 0.310 e. The number of carbonyl (C=O) groups is 1. The van der Waals surface area contributed by atoms with Gasteiger partial charge < -0.3 is 9.47 Å². The molecule has 41 heavy (non-hydrogen) atoms. The summed E-state index contributed by atoms with van der Waals surface area (Å²) in [7, 11) is 0. The highest BCUT2D eigenvalue weighted by Crippen LogP contribution is 2.44. The highest BCUT2D eigenvalue weighted by atomic mass is 19.1. The molecule has 222 valence electrons. The van der Waals surface area contributed by atoms with Gasteiger partial charge in [0.25, 0.3) is 0 Å². The maximum atomic E-state index is 15.6. The van der Waals surface area contributed by atoms with Crippen LogP contribution in [0.4, 0.5) is 4.39 Å². The molecule has 0 saturated heterocycles. The van der Waals surface area contributed by atoms with Crippen LogP contribution in [0.2, 0.25) is 0 Å². The summed E-state index contributed by atoms with van der Waals surface area (Å²) in [5.74, 6) is 0.580. The van der Waals surface area contributed by atoms with Crippen molar-refractivity contribution < 1.29 is 18.7 Å². The molecule has 5 heteroatoms. The van der Waals surface area contributed by atoms with Gasteiger partial charge in [-0.3, -0.25) is 9.69 Å². The van der Waals surface area contributed by atoms with Crippen molar-refractivity contribution >= 4 is 5.97 Å². The van der Waals surface area contributed by atoms with E-state index in [1.54, 1.807) is 6.07 Å². The zero-order valence-electron chi connectivity index (χ0n) is 25.7. The first-order valence-corrected chi connectivity index (χ1v) is 16.3. The number of halogens is 1. The summed E-state index contributed by atoms with van der Waals surface area (Å²) in [6, 6.07) is 2.33. The molecule has 4 nitrogen and oxygen atoms in total. The molecule has 2 unspecified atom stereocenters. The van der Waals surface area contributed by atoms with Crippen LogP contribution in [-0.2, 0) is 35.3 Å². The summed E-state index contributed by atoms with van der Waals surface area (Å²) in [6.07, 6.45) is 13.8. The average Bonchev–Trinajstić information content (AvgIpc) is 2.98. The molecule has 0 aromatic heterocycles. The predicted octanol–water partition coefficient (Wildman–Crippen LogP) is 8.10. The van der Waals surface area contributed by atoms with Crippen molar-refractivity contribution in [2.24, 2.45) is 5.92 Å². The third-order valence-corrected chi connectivity index (χ3v) is 10.7. The molecule has 0 N–H and O–H groups in total. The molecule has 2 heterocycles. The lowest BCUT2D eigenvalue weighted by Crippen LogP contribution is -2.41. The molecule has 0 spiro atoms. The molecule has 2 atom stereocenters. The van der Waals surface area contributed by atoms with Crippen LogP contribution in [-0.4, -0.2) is 36.2 Å². The van der Waals surface area contributed by atoms with Gasteiger partial charge in [-0.1, -0.05) is 32.6 Å². The molecule has 2 aliphatic heterocycles. The molecule has 0 bridgehead atoms. The van der Waals surface area contributed by atoms with Gasteiger partial charge in [-0.2, -0.15) is 0 Å². The minimum Gasteiger partial charge on any atom is -0.490 e. The van der Waals surface area contributed by atoms with Gasteiger partial charge in [0.05, 0.1) is 13.0 Å². The lowest BCUT2D eigenvalue weighted by Gasteiger charge is -2.39. The van der Waals surface area contributed by atoms with E-state index in [0.29, 0.717) is 24.3 Å². The molecule has 2 fully saturated rings. The second kappa shape index (κ2) is 12.1. The van der Waals surface area contributed by atoms with E-state index in [9.17, 15) is 4.79 Å². The van der Waals surface area contributed by atoms with E-state index >= 15 is 4.39 Å². The van der Waals surface area contributed by atoms with Gasteiger partial charge in [0.1, 0.15) is 6.10 Å². The fourth-order valence-electron chi connectivity index (χ4n) is 8.41. The molecule has 6 rings (SSSR count). The third-order valence-electron chi connectivity index (χ3n) is 10.7. The van der Waals surface area contributed by atoms with Crippen LogP contribution in [0.25, 0.3) is 11.1 Å². The summed E-state index contributed by atoms with van der Waals surface area (Å²) in [4.78, 5) is 16.2. The second-order valence-corrected chi connectivity index (χ2v) is 13.4. The van der Waals surface area contributed by atoms with Crippen molar-refractivity contribution in [3.8, 4) is 16.9 Å². The highest BCUT2D eigenvalue weighted by molar-refractivity contribution is 5.84. The van der Waals surface area contributed by atoms with Crippen LogP contribution in [0.15, 0.2) is 6.07 Å². The Hall–Kier alpha value is -2.40. The molecule has 0 radical (unpaired) electrons. The van der Waals surface area contributed by atoms with Gasteiger partial charge in [-0.25, -0.2) is 4.39 Å². The zero-order chi connectivity index (χ0) is 28.7. The summed E-state index contributed by atoms with van der Waals surface area (Å²) < 4.78 is 27.5. The summed E-state index contributed by atoms with van der Waals surface area (Å²) >= 11 is 0. The van der Waals surface area contributed by atoms with Crippen molar-refractivity contribution in [2.75, 3.05) is 13.2 Å². The van der Waals surface area contributed by atoms with Gasteiger partial charge in [0, 0.05) is 24.7 Å². The van der Waals surface area contributed by atoms with Crippen molar-refractivity contribution in [3.05, 3.63) is 50.8 Å². The van der Waals surface area contributed by atoms with Crippen molar-refractivity contribution in [3.63, 3.8) is 0 Å². The third kappa shape index (κ3) is 5.68. The molecule has 0 amide bonds. The molecule has 2 saturated carbocycles. The van der Waals surface area contributed by atoms with Crippen LogP contribution in [0.5, 0.6) is 5.75 Å². The molecule has 2 aromatic rings. The minimum absolute atomic E-state index is 0.0119. The van der Waals surface area contributed by atoms with Crippen LogP contribution in [0.1, 0.15) is 110 Å². The van der Waals surface area contributed by atoms with Crippen LogP contribution in [0.3, 0.4) is 0 Å². The number of hydrogen-bond donors (Lipinski definition) is 0. The Kier molecular flexibility index (Phi) is 8.45. The predicted molar refractivity (Wildman–Crippen MR) is 162 cm³/mol. The maximum absolute atomic E-state index is 15.6. The molecular weight excluding hydrogens is 513 g/mol. The molecule has 4 aliphatic rings. The van der Waals surface area contributed by atoms with Crippen LogP contribution >= 0.6 is 0 Å². The molecule has 2 aromatic carbocycles. The Morgan fingerprint density at radius 1 is 0.951 bits per heavy atom. The monoisotopic (exact) mass is 561 g/mol. The SMILES string of the molecule is Cc1c(-c2c(C)c3c(c(C)c2CC(=O)OC2CCCC(C)C2)CCN(C2CCCCC2)C3)cc(F)c2c1CCCO2. The van der Waals surface area contributed by atoms with Gasteiger partial charge in [-0.15, -0.1) is 0 Å². The lowest BCUT2D eigenvalue weighted by atomic mass is 9.78. The number of benzene rings is 2. The highest BCUT2D eigenvalue weighted by Gasteiger charge is 2.32. The van der Waals surface area contributed by atoms with Gasteiger partial charge >= 0.3 is 5.97 Å². The number of esters is 1. The topological polar surface area (TPSA) is 38.8 Å². The number of fused-ring (bicyclic) bond motifs is 2. The summed E-state index contributed by atoms with van der Waals surface area (Å²) in [5, 5.41) is 0. The number of carbonyl (C=O) groups excluding carboxylic acids is 1. The number of hydrogen-bond acceptors (Lipinski definition) is 4. The Bertz CT molecular complexity index is 1310. The first-order valence-electron chi connectivity index (χ1n) is 16.3. The second-order valence-electron chi connectivity index (χ2n) is 13.4. The Morgan fingerprint density at radius 2 is 1.76 bits per heavy atom. The quantitative estimate of drug-likeness (QED) is 0.346. The first kappa shape index (κ1) is 28.7. The first-order chi connectivity index (χ1) is 19.8. The van der Waals surface area contributed by atoms with Crippen molar-refractivity contribution in [1.82, 2.24) is 4.90 Å². The molecule has 2 aliphatic carbocycles. The fraction of sp³-hybridized carbons (Fsp3) is 0.639.